The quantitative estimate of drug-likeness (QED) is 0.709. The molecule has 15 heavy (non-hydrogen) atoms. The standard InChI is InChI=1S/C14H14S/c1-10-7-8-14(13-9-12(10)13)15-11-5-3-2-4-6-11/h2-8,12-13H,9H2,1H3. The molecule has 0 aromatic heterocycles. The number of allylic oxidation sites excluding steroid dienone is 4. The highest BCUT2D eigenvalue weighted by atomic mass is 32.2. The normalized spacial score (nSPS) is 27.8. The summed E-state index contributed by atoms with van der Waals surface area (Å²) in [5, 5.41) is 0. The zero-order valence-corrected chi connectivity index (χ0v) is 9.63. The molecule has 0 aliphatic heterocycles. The third kappa shape index (κ3) is 1.76. The molecule has 1 heteroatoms. The first kappa shape index (κ1) is 9.29. The molecule has 0 spiro atoms. The Morgan fingerprint density at radius 2 is 1.87 bits per heavy atom. The van der Waals surface area contributed by atoms with E-state index < -0.39 is 0 Å². The third-order valence-corrected chi connectivity index (χ3v) is 4.41. The van der Waals surface area contributed by atoms with E-state index >= 15 is 0 Å². The highest BCUT2D eigenvalue weighted by molar-refractivity contribution is 8.03. The molecule has 0 bridgehead atoms. The minimum atomic E-state index is 0.834. The van der Waals surface area contributed by atoms with Crippen molar-refractivity contribution in [3.63, 3.8) is 0 Å². The first-order chi connectivity index (χ1) is 7.34. The first-order valence-corrected chi connectivity index (χ1v) is 6.27. The van der Waals surface area contributed by atoms with Crippen molar-refractivity contribution in [2.24, 2.45) is 11.8 Å². The zero-order chi connectivity index (χ0) is 10.3. The van der Waals surface area contributed by atoms with Crippen LogP contribution in [-0.2, 0) is 0 Å². The number of hydrogen-bond acceptors (Lipinski definition) is 1. The van der Waals surface area contributed by atoms with Gasteiger partial charge >= 0.3 is 0 Å². The van der Waals surface area contributed by atoms with Crippen LogP contribution in [0.1, 0.15) is 13.3 Å². The fourth-order valence-corrected chi connectivity index (χ4v) is 3.32. The van der Waals surface area contributed by atoms with Gasteiger partial charge in [-0.3, -0.25) is 0 Å². The molecule has 2 aliphatic carbocycles. The Balaban J connectivity index is 1.80. The van der Waals surface area contributed by atoms with Crippen LogP contribution in [0.25, 0.3) is 0 Å². The SMILES string of the molecule is CC1=CC=C(Sc2ccccc2)C2CC12. The average Bonchev–Trinajstić information content (AvgIpc) is 3.05. The molecule has 0 N–H and O–H groups in total. The van der Waals surface area contributed by atoms with E-state index in [-0.39, 0.29) is 0 Å². The van der Waals surface area contributed by atoms with Crippen molar-refractivity contribution < 1.29 is 0 Å². The number of rotatable bonds is 2. The molecule has 0 saturated heterocycles. The van der Waals surface area contributed by atoms with Crippen LogP contribution in [0.2, 0.25) is 0 Å². The monoisotopic (exact) mass is 214 g/mol. The fraction of sp³-hybridized carbons (Fsp3) is 0.286. The number of hydrogen-bond donors (Lipinski definition) is 0. The van der Waals surface area contributed by atoms with E-state index in [1.54, 1.807) is 10.5 Å². The van der Waals surface area contributed by atoms with Gasteiger partial charge in [0.25, 0.3) is 0 Å². The van der Waals surface area contributed by atoms with E-state index in [9.17, 15) is 0 Å². The second-order valence-electron chi connectivity index (χ2n) is 4.34. The van der Waals surface area contributed by atoms with Crippen LogP contribution < -0.4 is 0 Å². The number of thioether (sulfide) groups is 1. The van der Waals surface area contributed by atoms with Gasteiger partial charge in [-0.2, -0.15) is 0 Å². The van der Waals surface area contributed by atoms with Crippen molar-refractivity contribution in [2.75, 3.05) is 0 Å². The molecule has 1 saturated carbocycles. The van der Waals surface area contributed by atoms with E-state index in [1.807, 2.05) is 11.8 Å². The van der Waals surface area contributed by atoms with Crippen LogP contribution in [0, 0.1) is 11.8 Å². The largest absolute Gasteiger partial charge is 0.0942 e. The van der Waals surface area contributed by atoms with Crippen LogP contribution in [0.4, 0.5) is 0 Å². The van der Waals surface area contributed by atoms with E-state index in [0.717, 1.165) is 11.8 Å². The topological polar surface area (TPSA) is 0 Å². The van der Waals surface area contributed by atoms with Crippen molar-refractivity contribution >= 4 is 11.8 Å². The molecule has 0 radical (unpaired) electrons. The lowest BCUT2D eigenvalue weighted by Crippen LogP contribution is -1.92. The van der Waals surface area contributed by atoms with Crippen molar-refractivity contribution in [1.82, 2.24) is 0 Å². The van der Waals surface area contributed by atoms with Crippen LogP contribution in [0.3, 0.4) is 0 Å². The van der Waals surface area contributed by atoms with Gasteiger partial charge in [0.05, 0.1) is 0 Å². The van der Waals surface area contributed by atoms with Crippen molar-refractivity contribution in [2.45, 2.75) is 18.2 Å². The maximum Gasteiger partial charge on any atom is 0.0119 e. The molecule has 2 unspecified atom stereocenters. The van der Waals surface area contributed by atoms with Gasteiger partial charge in [-0.05, 0) is 42.2 Å². The molecular formula is C14H14S. The molecule has 1 aromatic rings. The van der Waals surface area contributed by atoms with Crippen LogP contribution in [-0.4, -0.2) is 0 Å². The van der Waals surface area contributed by atoms with Crippen molar-refractivity contribution in [3.8, 4) is 0 Å². The fourth-order valence-electron chi connectivity index (χ4n) is 2.21. The summed E-state index contributed by atoms with van der Waals surface area (Å²) in [6, 6.07) is 10.7. The number of benzene rings is 1. The van der Waals surface area contributed by atoms with Gasteiger partial charge in [-0.25, -0.2) is 0 Å². The molecule has 76 valence electrons. The van der Waals surface area contributed by atoms with Crippen LogP contribution in [0.15, 0.2) is 57.9 Å². The van der Waals surface area contributed by atoms with E-state index in [4.69, 9.17) is 0 Å². The summed E-state index contributed by atoms with van der Waals surface area (Å²) in [4.78, 5) is 2.92. The van der Waals surface area contributed by atoms with Crippen molar-refractivity contribution in [1.29, 1.82) is 0 Å². The Kier molecular flexibility index (Phi) is 2.21. The second-order valence-corrected chi connectivity index (χ2v) is 5.49. The molecule has 0 heterocycles. The summed E-state index contributed by atoms with van der Waals surface area (Å²) in [5.74, 6) is 1.70. The van der Waals surface area contributed by atoms with E-state index in [2.05, 4.69) is 49.4 Å². The van der Waals surface area contributed by atoms with Gasteiger partial charge in [0.15, 0.2) is 0 Å². The number of fused-ring (bicyclic) bond motifs is 1. The van der Waals surface area contributed by atoms with E-state index in [0.29, 0.717) is 0 Å². The Hall–Kier alpha value is -0.950. The lowest BCUT2D eigenvalue weighted by molar-refractivity contribution is 0.899. The summed E-state index contributed by atoms with van der Waals surface area (Å²) in [5.41, 5.74) is 1.57. The van der Waals surface area contributed by atoms with Gasteiger partial charge < -0.3 is 0 Å². The predicted octanol–water partition coefficient (Wildman–Crippen LogP) is 4.26. The van der Waals surface area contributed by atoms with Crippen LogP contribution >= 0.6 is 11.8 Å². The lowest BCUT2D eigenvalue weighted by atomic mass is 10.1. The molecule has 0 nitrogen and oxygen atoms in total. The second kappa shape index (κ2) is 3.57. The Labute approximate surface area is 95.1 Å². The summed E-state index contributed by atoms with van der Waals surface area (Å²) in [6.07, 6.45) is 5.97. The molecule has 3 rings (SSSR count). The summed E-state index contributed by atoms with van der Waals surface area (Å²) in [7, 11) is 0. The third-order valence-electron chi connectivity index (χ3n) is 3.23. The molecular weight excluding hydrogens is 200 g/mol. The Morgan fingerprint density at radius 3 is 2.67 bits per heavy atom. The molecule has 2 atom stereocenters. The molecule has 2 aliphatic rings. The zero-order valence-electron chi connectivity index (χ0n) is 8.81. The molecule has 0 amide bonds. The lowest BCUT2D eigenvalue weighted by Gasteiger charge is -2.10. The maximum atomic E-state index is 2.31. The molecule has 1 fully saturated rings. The van der Waals surface area contributed by atoms with Gasteiger partial charge in [-0.1, -0.05) is 47.7 Å². The van der Waals surface area contributed by atoms with E-state index in [1.165, 1.54) is 11.3 Å². The summed E-state index contributed by atoms with van der Waals surface area (Å²) < 4.78 is 0. The molecule has 1 aromatic carbocycles. The van der Waals surface area contributed by atoms with Gasteiger partial charge in [0, 0.05) is 4.90 Å². The predicted molar refractivity (Wildman–Crippen MR) is 65.7 cm³/mol. The summed E-state index contributed by atoms with van der Waals surface area (Å²) in [6.45, 7) is 2.26. The summed E-state index contributed by atoms with van der Waals surface area (Å²) >= 11 is 1.93. The Bertz CT molecular complexity index is 428. The minimum Gasteiger partial charge on any atom is -0.0942 e. The minimum absolute atomic E-state index is 0.834. The smallest absolute Gasteiger partial charge is 0.0119 e. The highest BCUT2D eigenvalue weighted by Gasteiger charge is 2.42. The maximum absolute atomic E-state index is 2.31. The van der Waals surface area contributed by atoms with Gasteiger partial charge in [0.2, 0.25) is 0 Å². The van der Waals surface area contributed by atoms with Gasteiger partial charge in [0.1, 0.15) is 0 Å². The first-order valence-electron chi connectivity index (χ1n) is 5.46. The van der Waals surface area contributed by atoms with Crippen LogP contribution in [0.5, 0.6) is 0 Å². The highest BCUT2D eigenvalue weighted by Crippen LogP contribution is 2.55. The van der Waals surface area contributed by atoms with Gasteiger partial charge in [-0.15, -0.1) is 0 Å². The Morgan fingerprint density at radius 1 is 1.07 bits per heavy atom. The average molecular weight is 214 g/mol. The van der Waals surface area contributed by atoms with Crippen molar-refractivity contribution in [3.05, 3.63) is 53.0 Å².